The summed E-state index contributed by atoms with van der Waals surface area (Å²) in [4.78, 5) is 0. The first-order chi connectivity index (χ1) is 6.14. The van der Waals surface area contributed by atoms with Crippen LogP contribution in [0.3, 0.4) is 0 Å². The molecule has 6 heteroatoms. The molecule has 0 aliphatic rings. The Labute approximate surface area is 105 Å². The summed E-state index contributed by atoms with van der Waals surface area (Å²) < 4.78 is 26.7. The van der Waals surface area contributed by atoms with Crippen LogP contribution < -0.4 is 4.18 Å². The Kier molecular flexibility index (Phi) is 6.39. The van der Waals surface area contributed by atoms with Gasteiger partial charge in [0.2, 0.25) is 0 Å². The molecule has 0 unspecified atom stereocenters. The van der Waals surface area contributed by atoms with Crippen LogP contribution in [0.15, 0.2) is 30.3 Å². The molecule has 0 spiro atoms. The van der Waals surface area contributed by atoms with Gasteiger partial charge in [0.05, 0.1) is 6.61 Å². The minimum absolute atomic E-state index is 0. The standard InChI is InChI=1S/C8H10O4S.Na.H/c9-6-7-13(10,11)12-8-4-2-1-3-5-8;;/h1-5,9H,6-7H2;;. The molecule has 0 amide bonds. The molecule has 0 fully saturated rings. The van der Waals surface area contributed by atoms with Crippen LogP contribution in [0.1, 0.15) is 0 Å². The van der Waals surface area contributed by atoms with Gasteiger partial charge >= 0.3 is 39.7 Å². The summed E-state index contributed by atoms with van der Waals surface area (Å²) in [6.45, 7) is -0.435. The van der Waals surface area contributed by atoms with Gasteiger partial charge in [0.15, 0.2) is 0 Å². The molecule has 0 aliphatic heterocycles. The average Bonchev–Trinajstić information content (AvgIpc) is 2.04. The van der Waals surface area contributed by atoms with Gasteiger partial charge in [0.1, 0.15) is 11.5 Å². The van der Waals surface area contributed by atoms with E-state index in [0.29, 0.717) is 0 Å². The number of hydrogen-bond acceptors (Lipinski definition) is 4. The van der Waals surface area contributed by atoms with Gasteiger partial charge in [-0.25, -0.2) is 0 Å². The normalized spacial score (nSPS) is 10.4. The third kappa shape index (κ3) is 4.97. The molecule has 1 aromatic carbocycles. The van der Waals surface area contributed by atoms with E-state index in [4.69, 9.17) is 5.11 Å². The minimum atomic E-state index is -3.63. The Morgan fingerprint density at radius 1 is 1.21 bits per heavy atom. The SMILES string of the molecule is O=S(=O)(CCO)Oc1ccccc1.[NaH]. The zero-order valence-corrected chi connectivity index (χ0v) is 7.70. The maximum absolute atomic E-state index is 11.0. The molecular weight excluding hydrogens is 215 g/mol. The number of hydrogen-bond donors (Lipinski definition) is 1. The molecule has 1 aromatic rings. The van der Waals surface area contributed by atoms with Crippen molar-refractivity contribution in [3.63, 3.8) is 0 Å². The summed E-state index contributed by atoms with van der Waals surface area (Å²) in [5.74, 6) is -0.127. The zero-order chi connectivity index (χ0) is 9.73. The molecule has 1 rings (SSSR count). The van der Waals surface area contributed by atoms with Crippen LogP contribution in [0, 0.1) is 0 Å². The second-order valence-corrected chi connectivity index (χ2v) is 4.07. The zero-order valence-electron chi connectivity index (χ0n) is 6.88. The summed E-state index contributed by atoms with van der Waals surface area (Å²) in [5.41, 5.74) is 0. The Balaban J connectivity index is 0.00000169. The molecule has 0 aromatic heterocycles. The van der Waals surface area contributed by atoms with Crippen LogP contribution in [0.5, 0.6) is 5.75 Å². The summed E-state index contributed by atoms with van der Waals surface area (Å²) >= 11 is 0. The monoisotopic (exact) mass is 226 g/mol. The van der Waals surface area contributed by atoms with E-state index in [1.54, 1.807) is 18.2 Å². The van der Waals surface area contributed by atoms with Crippen molar-refractivity contribution in [2.45, 2.75) is 0 Å². The molecule has 4 nitrogen and oxygen atoms in total. The van der Waals surface area contributed by atoms with Crippen molar-refractivity contribution in [2.75, 3.05) is 12.4 Å². The van der Waals surface area contributed by atoms with E-state index in [9.17, 15) is 8.42 Å². The van der Waals surface area contributed by atoms with Gasteiger partial charge in [-0.15, -0.1) is 0 Å². The maximum atomic E-state index is 11.0. The molecule has 0 bridgehead atoms. The topological polar surface area (TPSA) is 63.6 Å². The van der Waals surface area contributed by atoms with Crippen molar-refractivity contribution in [2.24, 2.45) is 0 Å². The van der Waals surface area contributed by atoms with E-state index in [-0.39, 0.29) is 41.1 Å². The van der Waals surface area contributed by atoms with Crippen molar-refractivity contribution >= 4 is 39.7 Å². The van der Waals surface area contributed by atoms with E-state index in [0.717, 1.165) is 0 Å². The van der Waals surface area contributed by atoms with Gasteiger partial charge in [-0.05, 0) is 12.1 Å². The van der Waals surface area contributed by atoms with Gasteiger partial charge in [-0.3, -0.25) is 0 Å². The molecule has 0 saturated carbocycles. The predicted molar refractivity (Wildman–Crippen MR) is 55.1 cm³/mol. The Hall–Kier alpha value is -0.0700. The fourth-order valence-electron chi connectivity index (χ4n) is 0.776. The van der Waals surface area contributed by atoms with Crippen molar-refractivity contribution in [3.8, 4) is 5.75 Å². The van der Waals surface area contributed by atoms with Crippen LogP contribution in [-0.4, -0.2) is 55.4 Å². The summed E-state index contributed by atoms with van der Waals surface area (Å²) in [6.07, 6.45) is 0. The van der Waals surface area contributed by atoms with Gasteiger partial charge < -0.3 is 9.29 Å². The number of aliphatic hydroxyl groups excluding tert-OH is 1. The second-order valence-electron chi connectivity index (χ2n) is 2.38. The Bertz CT molecular complexity index is 349. The molecule has 0 heterocycles. The molecule has 0 atom stereocenters. The van der Waals surface area contributed by atoms with Crippen LogP contribution in [0.2, 0.25) is 0 Å². The third-order valence-corrected chi connectivity index (χ3v) is 2.44. The fourth-order valence-corrected chi connectivity index (χ4v) is 1.49. The van der Waals surface area contributed by atoms with E-state index < -0.39 is 16.7 Å². The second kappa shape index (κ2) is 6.42. The molecule has 0 aliphatic carbocycles. The number of benzene rings is 1. The molecule has 0 saturated heterocycles. The van der Waals surface area contributed by atoms with Gasteiger partial charge in [-0.2, -0.15) is 8.42 Å². The van der Waals surface area contributed by atoms with Gasteiger partial charge in [-0.1, -0.05) is 18.2 Å². The molecule has 1 N–H and O–H groups in total. The van der Waals surface area contributed by atoms with Crippen LogP contribution in [0.4, 0.5) is 0 Å². The van der Waals surface area contributed by atoms with Crippen LogP contribution in [-0.2, 0) is 10.1 Å². The number of aliphatic hydroxyl groups is 1. The molecular formula is C8H11NaO4S. The van der Waals surface area contributed by atoms with Crippen molar-refractivity contribution in [1.29, 1.82) is 0 Å². The van der Waals surface area contributed by atoms with E-state index in [1.807, 2.05) is 0 Å². The van der Waals surface area contributed by atoms with E-state index in [1.165, 1.54) is 12.1 Å². The quantitative estimate of drug-likeness (QED) is 0.567. The van der Waals surface area contributed by atoms with E-state index in [2.05, 4.69) is 4.18 Å². The first-order valence-electron chi connectivity index (χ1n) is 3.72. The molecule has 0 radical (unpaired) electrons. The summed E-state index contributed by atoms with van der Waals surface area (Å²) in [7, 11) is -3.63. The van der Waals surface area contributed by atoms with Crippen molar-refractivity contribution in [1.82, 2.24) is 0 Å². The molecule has 14 heavy (non-hydrogen) atoms. The first-order valence-corrected chi connectivity index (χ1v) is 5.30. The van der Waals surface area contributed by atoms with Gasteiger partial charge in [0, 0.05) is 0 Å². The first kappa shape index (κ1) is 13.9. The van der Waals surface area contributed by atoms with Crippen molar-refractivity contribution < 1.29 is 17.7 Å². The van der Waals surface area contributed by atoms with Crippen molar-refractivity contribution in [3.05, 3.63) is 30.3 Å². The summed E-state index contributed by atoms with van der Waals surface area (Å²) in [5, 5.41) is 8.42. The average molecular weight is 226 g/mol. The van der Waals surface area contributed by atoms with Crippen LogP contribution in [0.25, 0.3) is 0 Å². The van der Waals surface area contributed by atoms with E-state index >= 15 is 0 Å². The summed E-state index contributed by atoms with van der Waals surface area (Å²) in [6, 6.07) is 8.17. The predicted octanol–water partition coefficient (Wildman–Crippen LogP) is -0.261. The fraction of sp³-hybridized carbons (Fsp3) is 0.250. The number of para-hydroxylation sites is 1. The number of rotatable bonds is 4. The Morgan fingerprint density at radius 3 is 2.29 bits per heavy atom. The molecule has 74 valence electrons. The van der Waals surface area contributed by atoms with Crippen LogP contribution >= 0.6 is 0 Å². The third-order valence-electron chi connectivity index (χ3n) is 1.31. The Morgan fingerprint density at radius 2 is 1.79 bits per heavy atom. The van der Waals surface area contributed by atoms with Gasteiger partial charge in [0.25, 0.3) is 0 Å².